The second-order valence-corrected chi connectivity index (χ2v) is 6.09. The van der Waals surface area contributed by atoms with E-state index in [0.717, 1.165) is 42.5 Å². The van der Waals surface area contributed by atoms with E-state index in [1.807, 2.05) is 46.8 Å². The highest BCUT2D eigenvalue weighted by Gasteiger charge is 2.25. The van der Waals surface area contributed by atoms with Crippen molar-refractivity contribution in [1.82, 2.24) is 9.47 Å². The molecule has 1 aromatic carbocycles. The van der Waals surface area contributed by atoms with Gasteiger partial charge in [-0.15, -0.1) is 0 Å². The van der Waals surface area contributed by atoms with Gasteiger partial charge < -0.3 is 19.3 Å². The number of aliphatic hydroxyl groups is 1. The Morgan fingerprint density at radius 3 is 2.74 bits per heavy atom. The van der Waals surface area contributed by atoms with Crippen LogP contribution in [-0.2, 0) is 11.8 Å². The van der Waals surface area contributed by atoms with Crippen molar-refractivity contribution in [3.8, 4) is 0 Å². The number of fused-ring (bicyclic) bond motifs is 1. The quantitative estimate of drug-likeness (QED) is 0.860. The summed E-state index contributed by atoms with van der Waals surface area (Å²) in [6.45, 7) is 2.21. The Kier molecular flexibility index (Phi) is 4.98. The van der Waals surface area contributed by atoms with Gasteiger partial charge in [0.05, 0.1) is 6.10 Å². The van der Waals surface area contributed by atoms with Crippen molar-refractivity contribution in [1.29, 1.82) is 0 Å². The van der Waals surface area contributed by atoms with Crippen molar-refractivity contribution in [2.45, 2.75) is 25.4 Å². The number of benzene rings is 1. The van der Waals surface area contributed by atoms with E-state index in [2.05, 4.69) is 0 Å². The Labute approximate surface area is 136 Å². The third-order valence-electron chi connectivity index (χ3n) is 4.56. The highest BCUT2D eigenvalue weighted by molar-refractivity contribution is 5.98. The lowest BCUT2D eigenvalue weighted by atomic mass is 10.1. The number of hydrogen-bond acceptors (Lipinski definition) is 3. The first kappa shape index (κ1) is 16.0. The van der Waals surface area contributed by atoms with Crippen LogP contribution in [0.2, 0.25) is 0 Å². The zero-order chi connectivity index (χ0) is 16.2. The second-order valence-electron chi connectivity index (χ2n) is 6.09. The monoisotopic (exact) mass is 316 g/mol. The number of amides is 1. The van der Waals surface area contributed by atoms with E-state index in [1.54, 1.807) is 0 Å². The van der Waals surface area contributed by atoms with Crippen LogP contribution in [0.15, 0.2) is 30.3 Å². The van der Waals surface area contributed by atoms with Crippen molar-refractivity contribution in [3.63, 3.8) is 0 Å². The SMILES string of the molecule is Cn1c(C(=O)N2CCC(OCCCO)CC2)cc2ccccc21. The van der Waals surface area contributed by atoms with Crippen molar-refractivity contribution >= 4 is 16.8 Å². The maximum Gasteiger partial charge on any atom is 0.270 e. The van der Waals surface area contributed by atoms with E-state index in [0.29, 0.717) is 13.0 Å². The summed E-state index contributed by atoms with van der Waals surface area (Å²) < 4.78 is 7.70. The molecule has 124 valence electrons. The summed E-state index contributed by atoms with van der Waals surface area (Å²) in [6.07, 6.45) is 2.61. The predicted octanol–water partition coefficient (Wildman–Crippen LogP) is 2.18. The number of para-hydroxylation sites is 1. The fraction of sp³-hybridized carbons (Fsp3) is 0.500. The van der Waals surface area contributed by atoms with Gasteiger partial charge in [-0.05, 0) is 31.4 Å². The van der Waals surface area contributed by atoms with Gasteiger partial charge in [0.25, 0.3) is 5.91 Å². The van der Waals surface area contributed by atoms with Gasteiger partial charge in [0, 0.05) is 44.3 Å². The Morgan fingerprint density at radius 1 is 1.30 bits per heavy atom. The third kappa shape index (κ3) is 3.41. The van der Waals surface area contributed by atoms with Gasteiger partial charge in [0.2, 0.25) is 0 Å². The summed E-state index contributed by atoms with van der Waals surface area (Å²) in [6, 6.07) is 10.0. The molecule has 1 aliphatic heterocycles. The molecule has 0 saturated carbocycles. The zero-order valence-electron chi connectivity index (χ0n) is 13.6. The van der Waals surface area contributed by atoms with E-state index >= 15 is 0 Å². The summed E-state index contributed by atoms with van der Waals surface area (Å²) in [5.41, 5.74) is 1.82. The van der Waals surface area contributed by atoms with Gasteiger partial charge in [0.1, 0.15) is 5.69 Å². The lowest BCUT2D eigenvalue weighted by molar-refractivity contribution is 0.00377. The average Bonchev–Trinajstić information content (AvgIpc) is 2.92. The fourth-order valence-corrected chi connectivity index (χ4v) is 3.20. The molecule has 0 unspecified atom stereocenters. The van der Waals surface area contributed by atoms with Crippen molar-refractivity contribution in [2.24, 2.45) is 7.05 Å². The number of nitrogens with zero attached hydrogens (tertiary/aromatic N) is 2. The molecule has 5 heteroatoms. The van der Waals surface area contributed by atoms with Gasteiger partial charge in [-0.2, -0.15) is 0 Å². The van der Waals surface area contributed by atoms with Crippen molar-refractivity contribution in [3.05, 3.63) is 36.0 Å². The standard InChI is InChI=1S/C18H24N2O3/c1-19-16-6-3-2-5-14(16)13-17(19)18(22)20-9-7-15(8-10-20)23-12-4-11-21/h2-3,5-6,13,15,21H,4,7-12H2,1H3. The third-order valence-corrected chi connectivity index (χ3v) is 4.56. The topological polar surface area (TPSA) is 54.7 Å². The highest BCUT2D eigenvalue weighted by Crippen LogP contribution is 2.22. The molecule has 0 spiro atoms. The van der Waals surface area contributed by atoms with Crippen LogP contribution in [0, 0.1) is 0 Å². The van der Waals surface area contributed by atoms with Crippen LogP contribution in [0.5, 0.6) is 0 Å². The molecule has 2 aromatic rings. The van der Waals surface area contributed by atoms with Crippen LogP contribution in [0.3, 0.4) is 0 Å². The summed E-state index contributed by atoms with van der Waals surface area (Å²) in [5, 5.41) is 9.89. The van der Waals surface area contributed by atoms with Gasteiger partial charge in [-0.25, -0.2) is 0 Å². The maximum absolute atomic E-state index is 12.8. The van der Waals surface area contributed by atoms with E-state index in [9.17, 15) is 4.79 Å². The second kappa shape index (κ2) is 7.15. The number of aliphatic hydroxyl groups excluding tert-OH is 1. The van der Waals surface area contributed by atoms with Gasteiger partial charge >= 0.3 is 0 Å². The number of ether oxygens (including phenoxy) is 1. The van der Waals surface area contributed by atoms with Gasteiger partial charge in [0.15, 0.2) is 0 Å². The Hall–Kier alpha value is -1.85. The molecule has 1 N–H and O–H groups in total. The Bertz CT molecular complexity index is 672. The van der Waals surface area contributed by atoms with Crippen LogP contribution < -0.4 is 0 Å². The predicted molar refractivity (Wildman–Crippen MR) is 89.5 cm³/mol. The molecule has 2 heterocycles. The van der Waals surface area contributed by atoms with Gasteiger partial charge in [-0.3, -0.25) is 4.79 Å². The minimum atomic E-state index is 0.0949. The summed E-state index contributed by atoms with van der Waals surface area (Å²) in [4.78, 5) is 14.7. The van der Waals surface area contributed by atoms with Crippen LogP contribution in [0.4, 0.5) is 0 Å². The zero-order valence-corrected chi connectivity index (χ0v) is 13.6. The van der Waals surface area contributed by atoms with E-state index < -0.39 is 0 Å². The number of piperidine rings is 1. The lowest BCUT2D eigenvalue weighted by Crippen LogP contribution is -2.41. The fourth-order valence-electron chi connectivity index (χ4n) is 3.20. The molecular weight excluding hydrogens is 292 g/mol. The molecule has 1 fully saturated rings. The van der Waals surface area contributed by atoms with Crippen molar-refractivity contribution in [2.75, 3.05) is 26.3 Å². The first-order valence-electron chi connectivity index (χ1n) is 8.27. The molecule has 1 aliphatic rings. The maximum atomic E-state index is 12.8. The number of aryl methyl sites for hydroxylation is 1. The largest absolute Gasteiger partial charge is 0.396 e. The van der Waals surface area contributed by atoms with Crippen LogP contribution in [-0.4, -0.2) is 52.9 Å². The summed E-state index contributed by atoms with van der Waals surface area (Å²) in [7, 11) is 1.94. The molecule has 0 bridgehead atoms. The summed E-state index contributed by atoms with van der Waals surface area (Å²) in [5.74, 6) is 0.0949. The first-order chi connectivity index (χ1) is 11.2. The molecule has 0 atom stereocenters. The first-order valence-corrected chi connectivity index (χ1v) is 8.27. The molecule has 23 heavy (non-hydrogen) atoms. The van der Waals surface area contributed by atoms with Crippen molar-refractivity contribution < 1.29 is 14.6 Å². The van der Waals surface area contributed by atoms with Gasteiger partial charge in [-0.1, -0.05) is 18.2 Å². The Morgan fingerprint density at radius 2 is 2.04 bits per heavy atom. The molecule has 3 rings (SSSR count). The molecule has 5 nitrogen and oxygen atoms in total. The molecule has 1 amide bonds. The number of aromatic nitrogens is 1. The van der Waals surface area contributed by atoms with Crippen LogP contribution in [0.1, 0.15) is 29.8 Å². The Balaban J connectivity index is 1.64. The molecular formula is C18H24N2O3. The minimum absolute atomic E-state index is 0.0949. The minimum Gasteiger partial charge on any atom is -0.396 e. The normalized spacial score (nSPS) is 16.2. The molecule has 1 saturated heterocycles. The lowest BCUT2D eigenvalue weighted by Gasteiger charge is -2.32. The number of hydrogen-bond donors (Lipinski definition) is 1. The van der Waals surface area contributed by atoms with E-state index in [4.69, 9.17) is 9.84 Å². The van der Waals surface area contributed by atoms with E-state index in [-0.39, 0.29) is 18.6 Å². The van der Waals surface area contributed by atoms with E-state index in [1.165, 1.54) is 0 Å². The number of carbonyl (C=O) groups excluding carboxylic acids is 1. The van der Waals surface area contributed by atoms with Crippen LogP contribution >= 0.6 is 0 Å². The number of rotatable bonds is 5. The summed E-state index contributed by atoms with van der Waals surface area (Å²) >= 11 is 0. The number of likely N-dealkylation sites (tertiary alicyclic amines) is 1. The van der Waals surface area contributed by atoms with Crippen LogP contribution in [0.25, 0.3) is 10.9 Å². The molecule has 1 aromatic heterocycles. The smallest absolute Gasteiger partial charge is 0.270 e. The molecule has 0 aliphatic carbocycles. The number of carbonyl (C=O) groups is 1. The average molecular weight is 316 g/mol. The highest BCUT2D eigenvalue weighted by atomic mass is 16.5. The molecule has 0 radical (unpaired) electrons.